The summed E-state index contributed by atoms with van der Waals surface area (Å²) in [7, 11) is 0. The van der Waals surface area contributed by atoms with Gasteiger partial charge in [0.15, 0.2) is 0 Å². The lowest BCUT2D eigenvalue weighted by atomic mass is 10.0. The van der Waals surface area contributed by atoms with Crippen LogP contribution in [0.1, 0.15) is 37.0 Å². The number of aliphatic hydroxyl groups excluding tert-OH is 1. The highest BCUT2D eigenvalue weighted by atomic mass is 35.5. The predicted octanol–water partition coefficient (Wildman–Crippen LogP) is 3.49. The minimum atomic E-state index is -0.516. The molecule has 0 fully saturated rings. The summed E-state index contributed by atoms with van der Waals surface area (Å²) >= 11 is 6.10. The molecule has 1 rings (SSSR count). The SMILES string of the molecule is CC#CCCC(O)c1cccc(C)c1Cl. The van der Waals surface area contributed by atoms with Gasteiger partial charge in [-0.05, 0) is 31.4 Å². The maximum atomic E-state index is 9.90. The molecular weight excluding hydrogens is 208 g/mol. The third-order valence-corrected chi connectivity index (χ3v) is 2.82. The first-order valence-corrected chi connectivity index (χ1v) is 5.37. The first-order chi connectivity index (χ1) is 7.16. The standard InChI is InChI=1S/C13H15ClO/c1-3-4-5-9-12(15)11-8-6-7-10(2)13(11)14/h6-8,12,15H,5,9H2,1-2H3. The topological polar surface area (TPSA) is 20.2 Å². The van der Waals surface area contributed by atoms with Crippen LogP contribution in [-0.2, 0) is 0 Å². The zero-order chi connectivity index (χ0) is 11.3. The molecule has 0 heterocycles. The summed E-state index contributed by atoms with van der Waals surface area (Å²) in [6.45, 7) is 3.73. The van der Waals surface area contributed by atoms with E-state index in [1.54, 1.807) is 6.92 Å². The van der Waals surface area contributed by atoms with Gasteiger partial charge >= 0.3 is 0 Å². The molecule has 1 unspecified atom stereocenters. The van der Waals surface area contributed by atoms with Gasteiger partial charge in [0.25, 0.3) is 0 Å². The first kappa shape index (κ1) is 12.1. The monoisotopic (exact) mass is 222 g/mol. The molecule has 0 aliphatic rings. The van der Waals surface area contributed by atoms with Gasteiger partial charge in [-0.3, -0.25) is 0 Å². The highest BCUT2D eigenvalue weighted by Crippen LogP contribution is 2.28. The van der Waals surface area contributed by atoms with E-state index in [4.69, 9.17) is 11.6 Å². The largest absolute Gasteiger partial charge is 0.388 e. The fourth-order valence-electron chi connectivity index (χ4n) is 1.42. The number of aliphatic hydroxyl groups is 1. The van der Waals surface area contributed by atoms with Crippen molar-refractivity contribution in [3.05, 3.63) is 34.3 Å². The van der Waals surface area contributed by atoms with Gasteiger partial charge in [-0.15, -0.1) is 11.8 Å². The van der Waals surface area contributed by atoms with Crippen molar-refractivity contribution < 1.29 is 5.11 Å². The third-order valence-electron chi connectivity index (χ3n) is 2.30. The van der Waals surface area contributed by atoms with Crippen molar-refractivity contribution in [3.8, 4) is 11.8 Å². The number of benzene rings is 1. The predicted molar refractivity (Wildman–Crippen MR) is 63.8 cm³/mol. The first-order valence-electron chi connectivity index (χ1n) is 4.99. The van der Waals surface area contributed by atoms with E-state index in [1.165, 1.54) is 0 Å². The van der Waals surface area contributed by atoms with Crippen molar-refractivity contribution >= 4 is 11.6 Å². The Morgan fingerprint density at radius 1 is 1.47 bits per heavy atom. The van der Waals surface area contributed by atoms with Crippen LogP contribution in [0.3, 0.4) is 0 Å². The summed E-state index contributed by atoms with van der Waals surface area (Å²) in [4.78, 5) is 0. The second kappa shape index (κ2) is 5.80. The second-order valence-corrected chi connectivity index (χ2v) is 3.84. The Hall–Kier alpha value is -0.970. The van der Waals surface area contributed by atoms with Crippen molar-refractivity contribution in [2.75, 3.05) is 0 Å². The fourth-order valence-corrected chi connectivity index (χ4v) is 1.67. The minimum absolute atomic E-state index is 0.516. The molecule has 0 aliphatic heterocycles. The number of rotatable bonds is 3. The Morgan fingerprint density at radius 3 is 2.87 bits per heavy atom. The molecule has 1 atom stereocenters. The summed E-state index contributed by atoms with van der Waals surface area (Å²) in [5, 5.41) is 10.6. The number of hydrogen-bond acceptors (Lipinski definition) is 1. The van der Waals surface area contributed by atoms with Gasteiger partial charge in [0.2, 0.25) is 0 Å². The quantitative estimate of drug-likeness (QED) is 0.777. The molecule has 1 aromatic rings. The molecule has 0 radical (unpaired) electrons. The summed E-state index contributed by atoms with van der Waals surface area (Å²) in [5.74, 6) is 5.74. The Kier molecular flexibility index (Phi) is 4.68. The molecule has 2 heteroatoms. The van der Waals surface area contributed by atoms with Crippen LogP contribution in [0, 0.1) is 18.8 Å². The average Bonchev–Trinajstić information content (AvgIpc) is 2.22. The van der Waals surface area contributed by atoms with Gasteiger partial charge in [-0.1, -0.05) is 29.8 Å². The summed E-state index contributed by atoms with van der Waals surface area (Å²) < 4.78 is 0. The maximum absolute atomic E-state index is 9.90. The zero-order valence-electron chi connectivity index (χ0n) is 9.05. The molecule has 1 nitrogen and oxygen atoms in total. The normalized spacial score (nSPS) is 11.7. The summed E-state index contributed by atoms with van der Waals surface area (Å²) in [5.41, 5.74) is 1.80. The molecule has 0 saturated heterocycles. The molecule has 0 aromatic heterocycles. The molecular formula is C13H15ClO. The van der Waals surface area contributed by atoms with Crippen molar-refractivity contribution in [2.24, 2.45) is 0 Å². The summed E-state index contributed by atoms with van der Waals surface area (Å²) in [6.07, 6.45) is 0.810. The van der Waals surface area contributed by atoms with Gasteiger partial charge in [0.05, 0.1) is 6.10 Å². The average molecular weight is 223 g/mol. The lowest BCUT2D eigenvalue weighted by Gasteiger charge is -2.12. The molecule has 0 amide bonds. The number of aryl methyl sites for hydroxylation is 1. The van der Waals surface area contributed by atoms with Crippen molar-refractivity contribution in [2.45, 2.75) is 32.8 Å². The Labute approximate surface area is 96.1 Å². The lowest BCUT2D eigenvalue weighted by Crippen LogP contribution is -1.98. The zero-order valence-corrected chi connectivity index (χ0v) is 9.80. The van der Waals surface area contributed by atoms with Crippen molar-refractivity contribution in [1.82, 2.24) is 0 Å². The van der Waals surface area contributed by atoms with Crippen LogP contribution in [0.15, 0.2) is 18.2 Å². The molecule has 1 aromatic carbocycles. The van der Waals surface area contributed by atoms with E-state index in [9.17, 15) is 5.11 Å². The summed E-state index contributed by atoms with van der Waals surface area (Å²) in [6, 6.07) is 5.70. The van der Waals surface area contributed by atoms with E-state index in [0.717, 1.165) is 11.1 Å². The molecule has 15 heavy (non-hydrogen) atoms. The van der Waals surface area contributed by atoms with E-state index in [1.807, 2.05) is 25.1 Å². The van der Waals surface area contributed by atoms with Crippen molar-refractivity contribution in [1.29, 1.82) is 0 Å². The number of halogens is 1. The van der Waals surface area contributed by atoms with Crippen LogP contribution >= 0.6 is 11.6 Å². The molecule has 0 saturated carbocycles. The van der Waals surface area contributed by atoms with E-state index in [-0.39, 0.29) is 0 Å². The number of hydrogen-bond donors (Lipinski definition) is 1. The van der Waals surface area contributed by atoms with E-state index < -0.39 is 6.10 Å². The molecule has 0 aliphatic carbocycles. The van der Waals surface area contributed by atoms with Gasteiger partial charge in [-0.25, -0.2) is 0 Å². The van der Waals surface area contributed by atoms with Crippen LogP contribution in [0.25, 0.3) is 0 Å². The van der Waals surface area contributed by atoms with E-state index in [2.05, 4.69) is 11.8 Å². The molecule has 0 bridgehead atoms. The van der Waals surface area contributed by atoms with E-state index >= 15 is 0 Å². The highest BCUT2D eigenvalue weighted by molar-refractivity contribution is 6.32. The van der Waals surface area contributed by atoms with Crippen LogP contribution in [0.5, 0.6) is 0 Å². The second-order valence-electron chi connectivity index (χ2n) is 3.46. The Morgan fingerprint density at radius 2 is 2.20 bits per heavy atom. The maximum Gasteiger partial charge on any atom is 0.0813 e. The Balaban J connectivity index is 2.76. The molecule has 1 N–H and O–H groups in total. The smallest absolute Gasteiger partial charge is 0.0813 e. The van der Waals surface area contributed by atoms with Gasteiger partial charge in [0.1, 0.15) is 0 Å². The van der Waals surface area contributed by atoms with Gasteiger partial charge in [0, 0.05) is 11.4 Å². The van der Waals surface area contributed by atoms with Crippen LogP contribution in [-0.4, -0.2) is 5.11 Å². The molecule has 80 valence electrons. The highest BCUT2D eigenvalue weighted by Gasteiger charge is 2.11. The lowest BCUT2D eigenvalue weighted by molar-refractivity contribution is 0.169. The van der Waals surface area contributed by atoms with Crippen LogP contribution < -0.4 is 0 Å². The van der Waals surface area contributed by atoms with Crippen LogP contribution in [0.2, 0.25) is 5.02 Å². The van der Waals surface area contributed by atoms with Crippen molar-refractivity contribution in [3.63, 3.8) is 0 Å². The minimum Gasteiger partial charge on any atom is -0.388 e. The van der Waals surface area contributed by atoms with Gasteiger partial charge < -0.3 is 5.11 Å². The van der Waals surface area contributed by atoms with Gasteiger partial charge in [-0.2, -0.15) is 0 Å². The van der Waals surface area contributed by atoms with Crippen LogP contribution in [0.4, 0.5) is 0 Å². The fraction of sp³-hybridized carbons (Fsp3) is 0.385. The Bertz CT molecular complexity index is 387. The third kappa shape index (κ3) is 3.27. The molecule has 0 spiro atoms. The van der Waals surface area contributed by atoms with E-state index in [0.29, 0.717) is 17.9 Å².